The first-order chi connectivity index (χ1) is 15.0. The van der Waals surface area contributed by atoms with Crippen LogP contribution in [-0.4, -0.2) is 29.9 Å². The Hall–Kier alpha value is -2.96. The lowest BCUT2D eigenvalue weighted by atomic mass is 9.92. The summed E-state index contributed by atoms with van der Waals surface area (Å²) < 4.78 is 10.8. The monoisotopic (exact) mass is 435 g/mol. The molecule has 0 amide bonds. The van der Waals surface area contributed by atoms with Crippen LogP contribution in [0.1, 0.15) is 41.3 Å². The summed E-state index contributed by atoms with van der Waals surface area (Å²) in [6, 6.07) is 18.4. The Morgan fingerprint density at radius 2 is 1.71 bits per heavy atom. The fraction of sp³-hybridized carbons (Fsp3) is 0.280. The van der Waals surface area contributed by atoms with Gasteiger partial charge in [0.2, 0.25) is 0 Å². The predicted molar refractivity (Wildman–Crippen MR) is 121 cm³/mol. The van der Waals surface area contributed by atoms with E-state index in [4.69, 9.17) is 9.47 Å². The van der Waals surface area contributed by atoms with Crippen LogP contribution < -0.4 is 9.47 Å². The standard InChI is InChI=1S/C25H25NO4S/c1-17(27)29-23-13-20-10-11-26(15-19-7-4-3-5-8-19)16-22(25-9-6-12-31-25)21(20)14-24(23)30-18(2)28/h3-9,12-14,22H,10-11,15-16H2,1-2H3. The third-order valence-corrected chi connectivity index (χ3v) is 6.35. The third kappa shape index (κ3) is 5.21. The fourth-order valence-electron chi connectivity index (χ4n) is 4.07. The van der Waals surface area contributed by atoms with Crippen molar-refractivity contribution in [2.24, 2.45) is 0 Å². The van der Waals surface area contributed by atoms with Crippen molar-refractivity contribution in [1.82, 2.24) is 4.90 Å². The van der Waals surface area contributed by atoms with Crippen molar-refractivity contribution in [2.45, 2.75) is 32.7 Å². The summed E-state index contributed by atoms with van der Waals surface area (Å²) in [7, 11) is 0. The van der Waals surface area contributed by atoms with Gasteiger partial charge >= 0.3 is 11.9 Å². The largest absolute Gasteiger partial charge is 0.423 e. The molecule has 3 aromatic rings. The molecule has 1 aliphatic rings. The topological polar surface area (TPSA) is 55.8 Å². The molecule has 0 saturated carbocycles. The molecule has 4 rings (SSSR count). The zero-order valence-electron chi connectivity index (χ0n) is 17.7. The molecule has 1 aromatic heterocycles. The molecule has 1 aliphatic heterocycles. The predicted octanol–water partition coefficient (Wildman–Crippen LogP) is 4.79. The van der Waals surface area contributed by atoms with Gasteiger partial charge in [-0.1, -0.05) is 36.4 Å². The first-order valence-electron chi connectivity index (χ1n) is 10.3. The molecule has 0 saturated heterocycles. The highest BCUT2D eigenvalue weighted by Gasteiger charge is 2.28. The lowest BCUT2D eigenvalue weighted by Gasteiger charge is -2.25. The molecule has 2 aromatic carbocycles. The second kappa shape index (κ2) is 9.45. The Morgan fingerprint density at radius 1 is 1.00 bits per heavy atom. The van der Waals surface area contributed by atoms with Gasteiger partial charge < -0.3 is 9.47 Å². The maximum absolute atomic E-state index is 11.7. The van der Waals surface area contributed by atoms with Gasteiger partial charge in [-0.15, -0.1) is 11.3 Å². The van der Waals surface area contributed by atoms with Crippen molar-refractivity contribution < 1.29 is 19.1 Å². The molecule has 6 heteroatoms. The van der Waals surface area contributed by atoms with Crippen LogP contribution in [0.15, 0.2) is 60.0 Å². The summed E-state index contributed by atoms with van der Waals surface area (Å²) in [5, 5.41) is 2.08. The highest BCUT2D eigenvalue weighted by atomic mass is 32.1. The SMILES string of the molecule is CC(=O)Oc1cc2c(cc1OC(C)=O)C(c1cccs1)CN(Cc1ccccc1)CC2. The Morgan fingerprint density at radius 3 is 2.35 bits per heavy atom. The van der Waals surface area contributed by atoms with Crippen molar-refractivity contribution in [1.29, 1.82) is 0 Å². The maximum atomic E-state index is 11.7. The number of benzene rings is 2. The number of ether oxygens (including phenoxy) is 2. The van der Waals surface area contributed by atoms with Gasteiger partial charge in [-0.05, 0) is 46.7 Å². The first kappa shape index (κ1) is 21.3. The smallest absolute Gasteiger partial charge is 0.308 e. The van der Waals surface area contributed by atoms with Crippen LogP contribution >= 0.6 is 11.3 Å². The van der Waals surface area contributed by atoms with Gasteiger partial charge in [0.15, 0.2) is 11.5 Å². The summed E-state index contributed by atoms with van der Waals surface area (Å²) in [5.74, 6) is -0.160. The molecule has 31 heavy (non-hydrogen) atoms. The Labute approximate surface area is 186 Å². The molecule has 0 aliphatic carbocycles. The Balaban J connectivity index is 1.73. The first-order valence-corrected chi connectivity index (χ1v) is 11.2. The summed E-state index contributed by atoms with van der Waals surface area (Å²) in [6.45, 7) is 5.30. The number of hydrogen-bond donors (Lipinski definition) is 0. The van der Waals surface area contributed by atoms with E-state index in [-0.39, 0.29) is 5.92 Å². The number of hydrogen-bond acceptors (Lipinski definition) is 6. The van der Waals surface area contributed by atoms with Gasteiger partial charge in [-0.25, -0.2) is 0 Å². The Kier molecular flexibility index (Phi) is 6.49. The van der Waals surface area contributed by atoms with Gasteiger partial charge in [0.05, 0.1) is 0 Å². The molecular formula is C25H25NO4S. The number of fused-ring (bicyclic) bond motifs is 1. The number of nitrogens with zero attached hydrogens (tertiary/aromatic N) is 1. The third-order valence-electron chi connectivity index (χ3n) is 5.36. The van der Waals surface area contributed by atoms with E-state index in [1.165, 1.54) is 24.3 Å². The molecule has 0 bridgehead atoms. The summed E-state index contributed by atoms with van der Waals surface area (Å²) in [5.41, 5.74) is 3.51. The Bertz CT molecular complexity index is 1060. The summed E-state index contributed by atoms with van der Waals surface area (Å²) in [6.07, 6.45) is 0.818. The average Bonchev–Trinajstić information content (AvgIpc) is 3.20. The summed E-state index contributed by atoms with van der Waals surface area (Å²) in [4.78, 5) is 27.0. The zero-order valence-corrected chi connectivity index (χ0v) is 18.5. The van der Waals surface area contributed by atoms with Crippen molar-refractivity contribution in [2.75, 3.05) is 13.1 Å². The van der Waals surface area contributed by atoms with E-state index in [1.807, 2.05) is 18.2 Å². The summed E-state index contributed by atoms with van der Waals surface area (Å²) >= 11 is 1.73. The molecular weight excluding hydrogens is 410 g/mol. The van der Waals surface area contributed by atoms with Crippen molar-refractivity contribution in [3.05, 3.63) is 81.5 Å². The average molecular weight is 436 g/mol. The van der Waals surface area contributed by atoms with E-state index in [2.05, 4.69) is 46.7 Å². The molecule has 2 heterocycles. The highest BCUT2D eigenvalue weighted by Crippen LogP contribution is 2.40. The van der Waals surface area contributed by atoms with Crippen LogP contribution in [0.4, 0.5) is 0 Å². The maximum Gasteiger partial charge on any atom is 0.308 e. The van der Waals surface area contributed by atoms with Crippen LogP contribution in [-0.2, 0) is 22.6 Å². The van der Waals surface area contributed by atoms with Crippen molar-refractivity contribution in [3.8, 4) is 11.5 Å². The van der Waals surface area contributed by atoms with Crippen LogP contribution in [0.5, 0.6) is 11.5 Å². The normalized spacial score (nSPS) is 16.3. The van der Waals surface area contributed by atoms with E-state index in [9.17, 15) is 9.59 Å². The zero-order chi connectivity index (χ0) is 21.8. The minimum absolute atomic E-state index is 0.141. The second-order valence-electron chi connectivity index (χ2n) is 7.72. The lowest BCUT2D eigenvalue weighted by Crippen LogP contribution is -2.28. The quantitative estimate of drug-likeness (QED) is 0.426. The lowest BCUT2D eigenvalue weighted by molar-refractivity contribution is -0.134. The molecule has 5 nitrogen and oxygen atoms in total. The second-order valence-corrected chi connectivity index (χ2v) is 8.70. The highest BCUT2D eigenvalue weighted by molar-refractivity contribution is 7.10. The van der Waals surface area contributed by atoms with E-state index in [0.717, 1.165) is 37.2 Å². The van der Waals surface area contributed by atoms with Gasteiger partial charge in [-0.3, -0.25) is 14.5 Å². The molecule has 0 radical (unpaired) electrons. The van der Waals surface area contributed by atoms with E-state index >= 15 is 0 Å². The van der Waals surface area contributed by atoms with Crippen molar-refractivity contribution in [3.63, 3.8) is 0 Å². The number of rotatable bonds is 5. The number of carbonyl (C=O) groups is 2. The van der Waals surface area contributed by atoms with Crippen LogP contribution in [0.25, 0.3) is 0 Å². The van der Waals surface area contributed by atoms with E-state index < -0.39 is 11.9 Å². The fourth-order valence-corrected chi connectivity index (χ4v) is 4.91. The number of thiophene rings is 1. The van der Waals surface area contributed by atoms with Gasteiger partial charge in [0.1, 0.15) is 0 Å². The van der Waals surface area contributed by atoms with Crippen LogP contribution in [0, 0.1) is 0 Å². The molecule has 0 fully saturated rings. The molecule has 1 unspecified atom stereocenters. The van der Waals surface area contributed by atoms with Gasteiger partial charge in [0.25, 0.3) is 0 Å². The molecule has 0 spiro atoms. The number of esters is 2. The van der Waals surface area contributed by atoms with Gasteiger partial charge in [0, 0.05) is 44.3 Å². The minimum Gasteiger partial charge on any atom is -0.423 e. The van der Waals surface area contributed by atoms with E-state index in [0.29, 0.717) is 11.5 Å². The molecule has 0 N–H and O–H groups in total. The molecule has 160 valence electrons. The van der Waals surface area contributed by atoms with E-state index in [1.54, 1.807) is 11.3 Å². The van der Waals surface area contributed by atoms with Crippen molar-refractivity contribution >= 4 is 23.3 Å². The van der Waals surface area contributed by atoms with Crippen LogP contribution in [0.2, 0.25) is 0 Å². The van der Waals surface area contributed by atoms with Crippen LogP contribution in [0.3, 0.4) is 0 Å². The van der Waals surface area contributed by atoms with Gasteiger partial charge in [-0.2, -0.15) is 0 Å². The molecule has 1 atom stereocenters. The number of carbonyl (C=O) groups excluding carboxylic acids is 2. The minimum atomic E-state index is -0.444.